The number of carbonyl (C=O) groups excluding carboxylic acids is 2. The topological polar surface area (TPSA) is 55.4 Å². The monoisotopic (exact) mass is 283 g/mol. The minimum absolute atomic E-state index is 0.0528. The van der Waals surface area contributed by atoms with Crippen LogP contribution in [-0.4, -0.2) is 30.2 Å². The molecule has 1 amide bonds. The average molecular weight is 283 g/mol. The molecule has 0 bridgehead atoms. The molecule has 0 aromatic carbocycles. The van der Waals surface area contributed by atoms with Crippen LogP contribution in [0, 0.1) is 5.92 Å². The lowest BCUT2D eigenvalue weighted by Gasteiger charge is -2.21. The van der Waals surface area contributed by atoms with Gasteiger partial charge in [-0.2, -0.15) is 13.2 Å². The minimum atomic E-state index is -5.01. The second kappa shape index (κ2) is 7.35. The van der Waals surface area contributed by atoms with Gasteiger partial charge >= 0.3 is 18.1 Å². The Morgan fingerprint density at radius 3 is 2.11 bits per heavy atom. The number of alkyl halides is 3. The summed E-state index contributed by atoms with van der Waals surface area (Å²) in [5.74, 6) is -3.01. The maximum Gasteiger partial charge on any atom is 0.471 e. The predicted molar refractivity (Wildman–Crippen MR) is 63.3 cm³/mol. The summed E-state index contributed by atoms with van der Waals surface area (Å²) in [4.78, 5) is 22.6. The van der Waals surface area contributed by atoms with Crippen LogP contribution < -0.4 is 5.32 Å². The van der Waals surface area contributed by atoms with Gasteiger partial charge in [-0.15, -0.1) is 0 Å². The van der Waals surface area contributed by atoms with E-state index in [1.54, 1.807) is 33.0 Å². The number of amides is 1. The molecule has 0 saturated carbocycles. The van der Waals surface area contributed by atoms with Gasteiger partial charge in [0.15, 0.2) is 0 Å². The van der Waals surface area contributed by atoms with Crippen molar-refractivity contribution in [2.24, 2.45) is 5.92 Å². The first-order valence-corrected chi connectivity index (χ1v) is 6.16. The summed E-state index contributed by atoms with van der Waals surface area (Å²) in [5, 5.41) is 1.68. The number of halogens is 3. The van der Waals surface area contributed by atoms with Crippen LogP contribution in [0.15, 0.2) is 0 Å². The van der Waals surface area contributed by atoms with Crippen molar-refractivity contribution in [2.75, 3.05) is 0 Å². The molecule has 19 heavy (non-hydrogen) atoms. The zero-order valence-electron chi connectivity index (χ0n) is 11.5. The smallest absolute Gasteiger partial charge is 0.461 e. The summed E-state index contributed by atoms with van der Waals surface area (Å²) in [6, 6.07) is -1.27. The van der Waals surface area contributed by atoms with Crippen LogP contribution in [0.3, 0.4) is 0 Å². The van der Waals surface area contributed by atoms with E-state index in [1.807, 2.05) is 0 Å². The number of carbonyl (C=O) groups is 2. The molecule has 0 aromatic heterocycles. The molecule has 0 aromatic rings. The maximum absolute atomic E-state index is 12.2. The van der Waals surface area contributed by atoms with Gasteiger partial charge in [-0.3, -0.25) is 4.79 Å². The van der Waals surface area contributed by atoms with Gasteiger partial charge in [0.05, 0.1) is 6.10 Å². The fraction of sp³-hybridized carbons (Fsp3) is 0.833. The Balaban J connectivity index is 4.72. The summed E-state index contributed by atoms with van der Waals surface area (Å²) >= 11 is 0. The first-order chi connectivity index (χ1) is 8.57. The molecule has 112 valence electrons. The summed E-state index contributed by atoms with van der Waals surface area (Å²) < 4.78 is 41.5. The summed E-state index contributed by atoms with van der Waals surface area (Å²) in [6.45, 7) is 6.89. The standard InChI is InChI=1S/C12H20F3NO3/c1-5-8(4)19-10(17)9(6-7(2)3)16-11(18)12(13,14)15/h7-9H,5-6H2,1-4H3,(H,16,18)/t8-,9-/m0/s1. The average Bonchev–Trinajstić information content (AvgIpc) is 2.25. The van der Waals surface area contributed by atoms with Crippen molar-refractivity contribution in [1.29, 1.82) is 0 Å². The van der Waals surface area contributed by atoms with Crippen molar-refractivity contribution < 1.29 is 27.5 Å². The van der Waals surface area contributed by atoms with Crippen LogP contribution in [0.1, 0.15) is 40.5 Å². The molecule has 1 N–H and O–H groups in total. The summed E-state index contributed by atoms with van der Waals surface area (Å²) in [5.41, 5.74) is 0. The fourth-order valence-electron chi connectivity index (χ4n) is 1.29. The molecule has 0 aliphatic carbocycles. The van der Waals surface area contributed by atoms with Gasteiger partial charge in [-0.25, -0.2) is 4.79 Å². The number of hydrogen-bond acceptors (Lipinski definition) is 3. The second-order valence-electron chi connectivity index (χ2n) is 4.81. The zero-order valence-corrected chi connectivity index (χ0v) is 11.5. The van der Waals surface area contributed by atoms with Gasteiger partial charge < -0.3 is 10.1 Å². The largest absolute Gasteiger partial charge is 0.471 e. The highest BCUT2D eigenvalue weighted by Crippen LogP contribution is 2.16. The molecule has 0 aliphatic heterocycles. The van der Waals surface area contributed by atoms with E-state index < -0.39 is 30.2 Å². The van der Waals surface area contributed by atoms with Crippen molar-refractivity contribution in [3.63, 3.8) is 0 Å². The molecular weight excluding hydrogens is 263 g/mol. The van der Waals surface area contributed by atoms with Crippen LogP contribution in [0.25, 0.3) is 0 Å². The van der Waals surface area contributed by atoms with Crippen LogP contribution in [0.4, 0.5) is 13.2 Å². The van der Waals surface area contributed by atoms with Crippen LogP contribution in [0.5, 0.6) is 0 Å². The highest BCUT2D eigenvalue weighted by Gasteiger charge is 2.41. The van der Waals surface area contributed by atoms with E-state index in [2.05, 4.69) is 0 Å². The number of ether oxygens (including phenoxy) is 1. The highest BCUT2D eigenvalue weighted by atomic mass is 19.4. The molecule has 0 rings (SSSR count). The molecule has 0 radical (unpaired) electrons. The van der Waals surface area contributed by atoms with Crippen molar-refractivity contribution in [2.45, 2.75) is 58.9 Å². The Morgan fingerprint density at radius 1 is 1.21 bits per heavy atom. The first-order valence-electron chi connectivity index (χ1n) is 6.16. The van der Waals surface area contributed by atoms with E-state index >= 15 is 0 Å². The van der Waals surface area contributed by atoms with Crippen LogP contribution >= 0.6 is 0 Å². The maximum atomic E-state index is 12.2. The third-order valence-electron chi connectivity index (χ3n) is 2.45. The lowest BCUT2D eigenvalue weighted by Crippen LogP contribution is -2.48. The normalized spacial score (nSPS) is 14.9. The van der Waals surface area contributed by atoms with E-state index in [0.29, 0.717) is 6.42 Å². The highest BCUT2D eigenvalue weighted by molar-refractivity contribution is 5.87. The van der Waals surface area contributed by atoms with Crippen molar-refractivity contribution in [3.05, 3.63) is 0 Å². The quantitative estimate of drug-likeness (QED) is 0.762. The minimum Gasteiger partial charge on any atom is -0.461 e. The Labute approximate surface area is 110 Å². The van der Waals surface area contributed by atoms with Gasteiger partial charge in [0.2, 0.25) is 0 Å². The number of rotatable bonds is 6. The third-order valence-corrected chi connectivity index (χ3v) is 2.45. The first kappa shape index (κ1) is 17.7. The van der Waals surface area contributed by atoms with E-state index in [-0.39, 0.29) is 12.3 Å². The second-order valence-corrected chi connectivity index (χ2v) is 4.81. The molecule has 0 heterocycles. The van der Waals surface area contributed by atoms with E-state index in [9.17, 15) is 22.8 Å². The molecule has 2 atom stereocenters. The molecule has 7 heteroatoms. The summed E-state index contributed by atoms with van der Waals surface area (Å²) in [6.07, 6.45) is -4.76. The van der Waals surface area contributed by atoms with Crippen molar-refractivity contribution >= 4 is 11.9 Å². The number of nitrogens with one attached hydrogen (secondary N) is 1. The molecule has 0 unspecified atom stereocenters. The van der Waals surface area contributed by atoms with Crippen molar-refractivity contribution in [3.8, 4) is 0 Å². The molecule has 0 aliphatic rings. The molecule has 0 fully saturated rings. The lowest BCUT2D eigenvalue weighted by molar-refractivity contribution is -0.176. The molecule has 0 spiro atoms. The van der Waals surface area contributed by atoms with E-state index in [1.165, 1.54) is 0 Å². The van der Waals surface area contributed by atoms with Gasteiger partial charge in [-0.1, -0.05) is 20.8 Å². The van der Waals surface area contributed by atoms with Gasteiger partial charge in [0.1, 0.15) is 6.04 Å². The molecular formula is C12H20F3NO3. The molecule has 0 saturated heterocycles. The fourth-order valence-corrected chi connectivity index (χ4v) is 1.29. The predicted octanol–water partition coefficient (Wildman–Crippen LogP) is 2.42. The Kier molecular flexibility index (Phi) is 6.86. The lowest BCUT2D eigenvalue weighted by atomic mass is 10.0. The Hall–Kier alpha value is -1.27. The van der Waals surface area contributed by atoms with Gasteiger partial charge in [0, 0.05) is 0 Å². The van der Waals surface area contributed by atoms with Crippen LogP contribution in [-0.2, 0) is 14.3 Å². The third kappa shape index (κ3) is 7.03. The summed E-state index contributed by atoms with van der Waals surface area (Å²) in [7, 11) is 0. The van der Waals surface area contributed by atoms with Gasteiger partial charge in [-0.05, 0) is 25.7 Å². The Bertz CT molecular complexity index is 316. The SMILES string of the molecule is CC[C@H](C)OC(=O)[C@H](CC(C)C)NC(=O)C(F)(F)F. The molecule has 4 nitrogen and oxygen atoms in total. The zero-order chi connectivity index (χ0) is 15.2. The van der Waals surface area contributed by atoms with Crippen LogP contribution in [0.2, 0.25) is 0 Å². The van der Waals surface area contributed by atoms with Gasteiger partial charge in [0.25, 0.3) is 0 Å². The van der Waals surface area contributed by atoms with Crippen molar-refractivity contribution in [1.82, 2.24) is 5.32 Å². The van der Waals surface area contributed by atoms with E-state index in [0.717, 1.165) is 0 Å². The number of hydrogen-bond donors (Lipinski definition) is 1. The number of esters is 1. The Morgan fingerprint density at radius 2 is 1.74 bits per heavy atom. The van der Waals surface area contributed by atoms with E-state index in [4.69, 9.17) is 4.74 Å².